The summed E-state index contributed by atoms with van der Waals surface area (Å²) in [6.45, 7) is 7.33. The molecule has 0 saturated heterocycles. The van der Waals surface area contributed by atoms with Crippen LogP contribution in [-0.4, -0.2) is 19.8 Å². The molecule has 0 aromatic rings. The third-order valence-electron chi connectivity index (χ3n) is 3.12. The summed E-state index contributed by atoms with van der Waals surface area (Å²) in [5.41, 5.74) is 0. The van der Waals surface area contributed by atoms with Gasteiger partial charge in [0.05, 0.1) is 8.07 Å². The smallest absolute Gasteiger partial charge is 0.0528 e. The van der Waals surface area contributed by atoms with Gasteiger partial charge in [-0.25, -0.2) is 0 Å². The summed E-state index contributed by atoms with van der Waals surface area (Å²) in [5.74, 6) is 0. The van der Waals surface area contributed by atoms with Gasteiger partial charge in [-0.15, -0.1) is 0 Å². The largest absolute Gasteiger partial charge is 0.396 e. The molecule has 0 aliphatic heterocycles. The van der Waals surface area contributed by atoms with Gasteiger partial charge in [0.2, 0.25) is 0 Å². The van der Waals surface area contributed by atoms with E-state index >= 15 is 0 Å². The highest BCUT2D eigenvalue weighted by atomic mass is 28.3. The van der Waals surface area contributed by atoms with E-state index < -0.39 is 8.07 Å². The minimum Gasteiger partial charge on any atom is -0.396 e. The van der Waals surface area contributed by atoms with Crippen LogP contribution in [0.15, 0.2) is 0 Å². The van der Waals surface area contributed by atoms with Crippen molar-refractivity contribution in [1.82, 2.24) is 0 Å². The van der Waals surface area contributed by atoms with Crippen LogP contribution in [0.2, 0.25) is 24.2 Å². The van der Waals surface area contributed by atoms with E-state index in [2.05, 4.69) is 20.8 Å². The molecule has 68 valence electrons. The molecule has 0 aromatic carbocycles. The van der Waals surface area contributed by atoms with Gasteiger partial charge in [0.25, 0.3) is 0 Å². The zero-order valence-electron chi connectivity index (χ0n) is 8.19. The standard InChI is InChI=1S/C9H22OSi/c1-4-11(5-2,6-3)9-7-8-10/h10H,4-9H2,1-3H3. The highest BCUT2D eigenvalue weighted by Gasteiger charge is 2.25. The van der Waals surface area contributed by atoms with Crippen molar-refractivity contribution in [3.63, 3.8) is 0 Å². The average molecular weight is 174 g/mol. The molecule has 0 heterocycles. The molecule has 0 aliphatic rings. The Kier molecular flexibility index (Phi) is 5.87. The van der Waals surface area contributed by atoms with E-state index in [1.807, 2.05) is 0 Å². The number of hydrogen-bond acceptors (Lipinski definition) is 1. The van der Waals surface area contributed by atoms with Gasteiger partial charge in [0, 0.05) is 6.61 Å². The van der Waals surface area contributed by atoms with Crippen LogP contribution in [0.4, 0.5) is 0 Å². The summed E-state index contributed by atoms with van der Waals surface area (Å²) >= 11 is 0. The average Bonchev–Trinajstić information content (AvgIpc) is 2.08. The number of aliphatic hydroxyl groups is 1. The van der Waals surface area contributed by atoms with E-state index in [1.54, 1.807) is 0 Å². The minimum absolute atomic E-state index is 0.384. The van der Waals surface area contributed by atoms with E-state index in [1.165, 1.54) is 24.2 Å². The summed E-state index contributed by atoms with van der Waals surface area (Å²) < 4.78 is 0. The Balaban J connectivity index is 3.84. The maximum absolute atomic E-state index is 8.74. The first-order valence-electron chi connectivity index (χ1n) is 4.85. The molecule has 1 N–H and O–H groups in total. The summed E-state index contributed by atoms with van der Waals surface area (Å²) in [6, 6.07) is 5.49. The first kappa shape index (κ1) is 11.2. The Bertz CT molecular complexity index is 81.3. The van der Waals surface area contributed by atoms with Crippen molar-refractivity contribution in [3.8, 4) is 0 Å². The van der Waals surface area contributed by atoms with Crippen molar-refractivity contribution in [2.75, 3.05) is 6.61 Å². The monoisotopic (exact) mass is 174 g/mol. The van der Waals surface area contributed by atoms with Crippen LogP contribution in [0, 0.1) is 0 Å². The first-order valence-corrected chi connectivity index (χ1v) is 7.68. The minimum atomic E-state index is -0.898. The maximum Gasteiger partial charge on any atom is 0.0528 e. The molecule has 0 rings (SSSR count). The third-order valence-corrected chi connectivity index (χ3v) is 9.03. The summed E-state index contributed by atoms with van der Waals surface area (Å²) in [4.78, 5) is 0. The highest BCUT2D eigenvalue weighted by molar-refractivity contribution is 6.79. The zero-order chi connectivity index (χ0) is 8.74. The van der Waals surface area contributed by atoms with Gasteiger partial charge in [0.15, 0.2) is 0 Å². The summed E-state index contributed by atoms with van der Waals surface area (Å²) in [7, 11) is -0.898. The van der Waals surface area contributed by atoms with Crippen molar-refractivity contribution in [2.24, 2.45) is 0 Å². The molecule has 0 bridgehead atoms. The molecule has 0 aromatic heterocycles. The Morgan fingerprint density at radius 2 is 1.45 bits per heavy atom. The van der Waals surface area contributed by atoms with E-state index in [-0.39, 0.29) is 0 Å². The Labute approximate surface area is 71.8 Å². The van der Waals surface area contributed by atoms with Gasteiger partial charge < -0.3 is 5.11 Å². The zero-order valence-corrected chi connectivity index (χ0v) is 9.19. The quantitative estimate of drug-likeness (QED) is 0.614. The van der Waals surface area contributed by atoms with Crippen molar-refractivity contribution in [1.29, 1.82) is 0 Å². The molecule has 0 radical (unpaired) electrons. The fourth-order valence-corrected chi connectivity index (χ4v) is 5.20. The van der Waals surface area contributed by atoms with Crippen LogP contribution in [0.25, 0.3) is 0 Å². The summed E-state index contributed by atoms with van der Waals surface area (Å²) in [6.07, 6.45) is 1.03. The SMILES string of the molecule is CC[Si](CC)(CC)CCCO. The van der Waals surface area contributed by atoms with Crippen LogP contribution >= 0.6 is 0 Å². The van der Waals surface area contributed by atoms with Gasteiger partial charge >= 0.3 is 0 Å². The summed E-state index contributed by atoms with van der Waals surface area (Å²) in [5, 5.41) is 8.74. The molecule has 0 amide bonds. The number of aliphatic hydroxyl groups excluding tert-OH is 1. The lowest BCUT2D eigenvalue weighted by Crippen LogP contribution is -2.31. The van der Waals surface area contributed by atoms with E-state index in [0.29, 0.717) is 6.61 Å². The number of hydrogen-bond donors (Lipinski definition) is 1. The van der Waals surface area contributed by atoms with Gasteiger partial charge in [-0.05, 0) is 6.42 Å². The van der Waals surface area contributed by atoms with Gasteiger partial charge in [0.1, 0.15) is 0 Å². The highest BCUT2D eigenvalue weighted by Crippen LogP contribution is 2.25. The normalized spacial score (nSPS) is 12.0. The molecule has 0 saturated carbocycles. The lowest BCUT2D eigenvalue weighted by Gasteiger charge is -2.27. The topological polar surface area (TPSA) is 20.2 Å². The van der Waals surface area contributed by atoms with Gasteiger partial charge in [-0.2, -0.15) is 0 Å². The Morgan fingerprint density at radius 3 is 1.73 bits per heavy atom. The second-order valence-electron chi connectivity index (χ2n) is 3.39. The van der Waals surface area contributed by atoms with Crippen molar-refractivity contribution >= 4 is 8.07 Å². The van der Waals surface area contributed by atoms with E-state index in [0.717, 1.165) is 6.42 Å². The van der Waals surface area contributed by atoms with Crippen LogP contribution in [0.5, 0.6) is 0 Å². The molecule has 0 atom stereocenters. The molecule has 0 aliphatic carbocycles. The van der Waals surface area contributed by atoms with Crippen LogP contribution in [-0.2, 0) is 0 Å². The third kappa shape index (κ3) is 3.39. The maximum atomic E-state index is 8.74. The van der Waals surface area contributed by atoms with E-state index in [9.17, 15) is 0 Å². The van der Waals surface area contributed by atoms with Gasteiger partial charge in [-0.1, -0.05) is 44.9 Å². The lowest BCUT2D eigenvalue weighted by atomic mass is 10.5. The molecule has 0 fully saturated rings. The molecular formula is C9H22OSi. The van der Waals surface area contributed by atoms with Crippen LogP contribution in [0.3, 0.4) is 0 Å². The molecule has 0 spiro atoms. The molecular weight excluding hydrogens is 152 g/mol. The first-order chi connectivity index (χ1) is 5.24. The second kappa shape index (κ2) is 5.78. The predicted molar refractivity (Wildman–Crippen MR) is 53.7 cm³/mol. The van der Waals surface area contributed by atoms with E-state index in [4.69, 9.17) is 5.11 Å². The van der Waals surface area contributed by atoms with Crippen molar-refractivity contribution in [2.45, 2.75) is 51.4 Å². The van der Waals surface area contributed by atoms with Gasteiger partial charge in [-0.3, -0.25) is 0 Å². The molecule has 1 nitrogen and oxygen atoms in total. The predicted octanol–water partition coefficient (Wildman–Crippen LogP) is 2.88. The molecule has 11 heavy (non-hydrogen) atoms. The lowest BCUT2D eigenvalue weighted by molar-refractivity contribution is 0.294. The van der Waals surface area contributed by atoms with Crippen molar-refractivity contribution < 1.29 is 5.11 Å². The fourth-order valence-electron chi connectivity index (χ4n) is 1.73. The van der Waals surface area contributed by atoms with Crippen LogP contribution in [0.1, 0.15) is 27.2 Å². The number of rotatable bonds is 6. The Morgan fingerprint density at radius 1 is 1.00 bits per heavy atom. The van der Waals surface area contributed by atoms with Crippen LogP contribution < -0.4 is 0 Å². The Hall–Kier alpha value is 0.177. The van der Waals surface area contributed by atoms with Crippen molar-refractivity contribution in [3.05, 3.63) is 0 Å². The fraction of sp³-hybridized carbons (Fsp3) is 1.00. The second-order valence-corrected chi connectivity index (χ2v) is 9.01. The molecule has 0 unspecified atom stereocenters. The molecule has 2 heteroatoms.